The Morgan fingerprint density at radius 2 is 1.74 bits per heavy atom. The topological polar surface area (TPSA) is 97.0 Å². The number of halogens is 1. The van der Waals surface area contributed by atoms with Crippen molar-refractivity contribution in [2.75, 3.05) is 29.8 Å². The van der Waals surface area contributed by atoms with E-state index in [1.165, 1.54) is 13.2 Å². The number of nitrogens with zero attached hydrogens (tertiary/aromatic N) is 1. The molecule has 0 heterocycles. The number of carbonyl (C=O) groups is 1. The average Bonchev–Trinajstić information content (AvgIpc) is 2.84. The first-order valence-corrected chi connectivity index (χ1v) is 14.4. The van der Waals surface area contributed by atoms with Gasteiger partial charge in [0.1, 0.15) is 16.2 Å². The number of anilines is 2. The molecule has 204 valence electrons. The van der Waals surface area contributed by atoms with E-state index in [0.29, 0.717) is 29.8 Å². The average molecular weight is 605 g/mol. The minimum absolute atomic E-state index is 0.0329. The zero-order valence-electron chi connectivity index (χ0n) is 22.2. The number of alkyl carbamates (subject to hydrolysis) is 1. The van der Waals surface area contributed by atoms with Gasteiger partial charge < -0.3 is 19.7 Å². The summed E-state index contributed by atoms with van der Waals surface area (Å²) in [7, 11) is -2.50. The summed E-state index contributed by atoms with van der Waals surface area (Å²) < 4.78 is 40.6. The van der Waals surface area contributed by atoms with E-state index in [0.717, 1.165) is 16.8 Å². The van der Waals surface area contributed by atoms with Crippen LogP contribution in [0.2, 0.25) is 0 Å². The lowest BCUT2D eigenvalue weighted by molar-refractivity contribution is 0.0529. The fraction of sp³-hybridized carbons (Fsp3) is 0.321. The van der Waals surface area contributed by atoms with Gasteiger partial charge >= 0.3 is 6.09 Å². The van der Waals surface area contributed by atoms with Gasteiger partial charge in [0.2, 0.25) is 0 Å². The maximum Gasteiger partial charge on any atom is 0.407 e. The van der Waals surface area contributed by atoms with Gasteiger partial charge in [-0.05, 0) is 69.2 Å². The maximum atomic E-state index is 13.3. The first kappa shape index (κ1) is 29.3. The summed E-state index contributed by atoms with van der Waals surface area (Å²) >= 11 is 3.41. The molecule has 0 saturated carbocycles. The van der Waals surface area contributed by atoms with E-state index in [4.69, 9.17) is 9.47 Å². The summed E-state index contributed by atoms with van der Waals surface area (Å²) in [5.41, 5.74) is 2.54. The Kier molecular flexibility index (Phi) is 9.67. The van der Waals surface area contributed by atoms with Crippen LogP contribution in [0.1, 0.15) is 31.9 Å². The number of hydrogen-bond acceptors (Lipinski definition) is 6. The van der Waals surface area contributed by atoms with Gasteiger partial charge in [-0.1, -0.05) is 52.3 Å². The molecule has 38 heavy (non-hydrogen) atoms. The van der Waals surface area contributed by atoms with Crippen molar-refractivity contribution in [2.45, 2.75) is 44.7 Å². The molecular weight excluding hydrogens is 570 g/mol. The molecule has 2 N–H and O–H groups in total. The van der Waals surface area contributed by atoms with Crippen LogP contribution in [0, 0.1) is 6.92 Å². The smallest absolute Gasteiger partial charge is 0.407 e. The van der Waals surface area contributed by atoms with E-state index in [2.05, 4.69) is 30.9 Å². The zero-order valence-corrected chi connectivity index (χ0v) is 24.6. The number of ether oxygens (including phenoxy) is 2. The van der Waals surface area contributed by atoms with Crippen molar-refractivity contribution in [3.63, 3.8) is 0 Å². The van der Waals surface area contributed by atoms with Gasteiger partial charge in [-0.3, -0.25) is 4.72 Å². The predicted octanol–water partition coefficient (Wildman–Crippen LogP) is 6.10. The van der Waals surface area contributed by atoms with Gasteiger partial charge in [-0.15, -0.1) is 0 Å². The molecule has 0 aliphatic heterocycles. The molecule has 0 spiro atoms. The quantitative estimate of drug-likeness (QED) is 0.291. The molecule has 0 aromatic heterocycles. The molecule has 0 atom stereocenters. The second-order valence-electron chi connectivity index (χ2n) is 9.74. The molecule has 0 saturated heterocycles. The number of amides is 1. The van der Waals surface area contributed by atoms with Gasteiger partial charge in [-0.2, -0.15) is 0 Å². The predicted molar refractivity (Wildman–Crippen MR) is 154 cm³/mol. The first-order chi connectivity index (χ1) is 17.9. The van der Waals surface area contributed by atoms with E-state index in [-0.39, 0.29) is 10.6 Å². The number of rotatable bonds is 10. The Bertz CT molecular complexity index is 1360. The highest BCUT2D eigenvalue weighted by Gasteiger charge is 2.22. The number of sulfonamides is 1. The van der Waals surface area contributed by atoms with Crippen molar-refractivity contribution >= 4 is 43.4 Å². The van der Waals surface area contributed by atoms with Gasteiger partial charge in [0, 0.05) is 29.8 Å². The summed E-state index contributed by atoms with van der Waals surface area (Å²) in [6.07, 6.45) is -0.489. The molecule has 0 fully saturated rings. The van der Waals surface area contributed by atoms with Gasteiger partial charge in [0.15, 0.2) is 0 Å². The highest BCUT2D eigenvalue weighted by atomic mass is 79.9. The summed E-state index contributed by atoms with van der Waals surface area (Å²) in [6, 6.07) is 20.3. The lowest BCUT2D eigenvalue weighted by Crippen LogP contribution is -2.38. The highest BCUT2D eigenvalue weighted by Crippen LogP contribution is 2.32. The highest BCUT2D eigenvalue weighted by molar-refractivity contribution is 9.10. The molecule has 10 heteroatoms. The van der Waals surface area contributed by atoms with E-state index < -0.39 is 21.7 Å². The summed E-state index contributed by atoms with van der Waals surface area (Å²) in [5, 5.41) is 2.79. The second-order valence-corrected chi connectivity index (χ2v) is 12.2. The Balaban J connectivity index is 1.83. The molecule has 3 rings (SSSR count). The van der Waals surface area contributed by atoms with Crippen LogP contribution in [0.15, 0.2) is 76.1 Å². The number of hydrogen-bond donors (Lipinski definition) is 2. The Morgan fingerprint density at radius 1 is 1.03 bits per heavy atom. The van der Waals surface area contributed by atoms with E-state index >= 15 is 0 Å². The second kappa shape index (κ2) is 12.5. The first-order valence-electron chi connectivity index (χ1n) is 12.1. The fourth-order valence-corrected chi connectivity index (χ4v) is 5.42. The van der Waals surface area contributed by atoms with Gasteiger partial charge in [0.25, 0.3) is 10.0 Å². The van der Waals surface area contributed by atoms with Crippen LogP contribution >= 0.6 is 15.9 Å². The number of carbonyl (C=O) groups excluding carboxylic acids is 1. The van der Waals surface area contributed by atoms with E-state index in [1.54, 1.807) is 24.3 Å². The van der Waals surface area contributed by atoms with Crippen molar-refractivity contribution in [2.24, 2.45) is 0 Å². The molecular formula is C28H34BrN3O5S. The minimum Gasteiger partial charge on any atom is -0.495 e. The number of aryl methyl sites for hydroxylation is 1. The van der Waals surface area contributed by atoms with Crippen LogP contribution in [0.4, 0.5) is 16.2 Å². The lowest BCUT2D eigenvalue weighted by atomic mass is 10.2. The van der Waals surface area contributed by atoms with Crippen LogP contribution in [-0.2, 0) is 21.3 Å². The fourth-order valence-electron chi connectivity index (χ4n) is 3.69. The Morgan fingerprint density at radius 3 is 2.39 bits per heavy atom. The van der Waals surface area contributed by atoms with Gasteiger partial charge in [0.05, 0.1) is 12.8 Å². The number of nitrogens with one attached hydrogen (secondary N) is 2. The molecule has 3 aromatic carbocycles. The van der Waals surface area contributed by atoms with Crippen LogP contribution in [0.5, 0.6) is 5.75 Å². The molecule has 0 radical (unpaired) electrons. The van der Waals surface area contributed by atoms with Crippen molar-refractivity contribution in [1.29, 1.82) is 0 Å². The van der Waals surface area contributed by atoms with Crippen LogP contribution in [0.25, 0.3) is 0 Å². The molecule has 1 amide bonds. The van der Waals surface area contributed by atoms with Crippen LogP contribution in [0.3, 0.4) is 0 Å². The SMILES string of the molecule is COc1cc(C)c(Br)cc1S(=O)(=O)Nc1cccc(N(CCNC(=O)OC(C)(C)C)Cc2ccccc2)c1. The summed E-state index contributed by atoms with van der Waals surface area (Å²) in [4.78, 5) is 14.2. The van der Waals surface area contributed by atoms with Crippen molar-refractivity contribution in [3.05, 3.63) is 82.3 Å². The Hall–Kier alpha value is -3.24. The molecule has 3 aromatic rings. The molecule has 0 bridgehead atoms. The van der Waals surface area contributed by atoms with Crippen molar-refractivity contribution < 1.29 is 22.7 Å². The monoisotopic (exact) mass is 603 g/mol. The van der Waals surface area contributed by atoms with Crippen LogP contribution in [-0.4, -0.2) is 40.3 Å². The molecule has 0 unspecified atom stereocenters. The van der Waals surface area contributed by atoms with Crippen molar-refractivity contribution in [1.82, 2.24) is 5.32 Å². The third-order valence-corrected chi connectivity index (χ3v) is 7.72. The molecule has 0 aliphatic rings. The van der Waals surface area contributed by atoms with E-state index in [1.807, 2.05) is 64.1 Å². The maximum absolute atomic E-state index is 13.3. The number of benzene rings is 3. The van der Waals surface area contributed by atoms with Crippen LogP contribution < -0.4 is 19.7 Å². The molecule has 0 aliphatic carbocycles. The Labute approximate surface area is 233 Å². The van der Waals surface area contributed by atoms with Gasteiger partial charge in [-0.25, -0.2) is 13.2 Å². The largest absolute Gasteiger partial charge is 0.495 e. The summed E-state index contributed by atoms with van der Waals surface area (Å²) in [5.74, 6) is 0.258. The third kappa shape index (κ3) is 8.39. The standard InChI is InChI=1S/C28H34BrN3O5S/c1-20-16-25(36-5)26(18-24(20)29)38(34,35)31-22-12-9-13-23(17-22)32(19-21-10-7-6-8-11-21)15-14-30-27(33)37-28(2,3)4/h6-13,16-18,31H,14-15,19H2,1-5H3,(H,30,33). The normalized spacial score (nSPS) is 11.5. The minimum atomic E-state index is -3.94. The van der Waals surface area contributed by atoms with Crippen molar-refractivity contribution in [3.8, 4) is 5.75 Å². The lowest BCUT2D eigenvalue weighted by Gasteiger charge is -2.26. The number of methoxy groups -OCH3 is 1. The summed E-state index contributed by atoms with van der Waals surface area (Å²) in [6.45, 7) is 8.67. The molecule has 8 nitrogen and oxygen atoms in total. The van der Waals surface area contributed by atoms with E-state index in [9.17, 15) is 13.2 Å². The third-order valence-electron chi connectivity index (χ3n) is 5.46. The zero-order chi connectivity index (χ0) is 27.9.